The molecule has 6 nitrogen and oxygen atoms in total. The summed E-state index contributed by atoms with van der Waals surface area (Å²) >= 11 is 5.90. The Morgan fingerprint density at radius 2 is 2.28 bits per heavy atom. The van der Waals surface area contributed by atoms with Crippen LogP contribution in [0.4, 0.5) is 5.69 Å². The highest BCUT2D eigenvalue weighted by Gasteiger charge is 2.29. The number of likely N-dealkylation sites (tertiary alicyclic amines) is 1. The summed E-state index contributed by atoms with van der Waals surface area (Å²) in [7, 11) is 0. The molecule has 1 saturated heterocycles. The molecule has 1 heterocycles. The average molecular weight is 362 g/mol. The highest BCUT2D eigenvalue weighted by Crippen LogP contribution is 2.20. The third-order valence-corrected chi connectivity index (χ3v) is 4.33. The number of piperidine rings is 1. The normalized spacial score (nSPS) is 18.5. The Kier molecular flexibility index (Phi) is 7.60. The van der Waals surface area contributed by atoms with E-state index in [2.05, 4.69) is 22.0 Å². The number of hydrogen-bond acceptors (Lipinski definition) is 3. The predicted molar refractivity (Wildman–Crippen MR) is 101 cm³/mol. The smallest absolute Gasteiger partial charge is 0.223 e. The molecule has 0 bridgehead atoms. The molecule has 0 aliphatic carbocycles. The first-order chi connectivity index (χ1) is 12.1. The van der Waals surface area contributed by atoms with Crippen LogP contribution < -0.4 is 5.73 Å². The topological polar surface area (TPSA) is 83.4 Å². The molecule has 134 valence electrons. The van der Waals surface area contributed by atoms with Gasteiger partial charge in [0.2, 0.25) is 5.91 Å². The van der Waals surface area contributed by atoms with Crippen molar-refractivity contribution in [2.45, 2.75) is 44.6 Å². The second kappa shape index (κ2) is 9.93. The van der Waals surface area contributed by atoms with Crippen molar-refractivity contribution >= 4 is 29.0 Å². The van der Waals surface area contributed by atoms with Gasteiger partial charge < -0.3 is 10.6 Å². The van der Waals surface area contributed by atoms with Crippen LogP contribution >= 0.6 is 11.6 Å². The number of hydrogen-bond donors (Lipinski definition) is 1. The van der Waals surface area contributed by atoms with Gasteiger partial charge >= 0.3 is 0 Å². The van der Waals surface area contributed by atoms with E-state index < -0.39 is 0 Å². The molecule has 2 N–H and O–H groups in total. The van der Waals surface area contributed by atoms with Gasteiger partial charge in [0.1, 0.15) is 5.84 Å². The van der Waals surface area contributed by atoms with Crippen molar-refractivity contribution in [1.29, 1.82) is 0 Å². The molecule has 1 aromatic rings. The first-order valence-electron chi connectivity index (χ1n) is 8.52. The van der Waals surface area contributed by atoms with Crippen molar-refractivity contribution in [2.75, 3.05) is 6.54 Å². The van der Waals surface area contributed by atoms with E-state index in [4.69, 9.17) is 17.3 Å². The van der Waals surface area contributed by atoms with Crippen LogP contribution in [0.2, 0.25) is 5.02 Å². The minimum atomic E-state index is -0.205. The predicted octanol–water partition coefficient (Wildman–Crippen LogP) is 4.43. The first kappa shape index (κ1) is 19.1. The maximum Gasteiger partial charge on any atom is 0.223 e. The molecule has 1 aliphatic heterocycles. The molecule has 25 heavy (non-hydrogen) atoms. The number of nitrogens with zero attached hydrogens (tertiary/aromatic N) is 4. The van der Waals surface area contributed by atoms with E-state index in [0.29, 0.717) is 29.5 Å². The highest BCUT2D eigenvalue weighted by atomic mass is 35.5. The van der Waals surface area contributed by atoms with Gasteiger partial charge in [0, 0.05) is 18.0 Å². The van der Waals surface area contributed by atoms with Crippen LogP contribution in [0.1, 0.15) is 38.5 Å². The Labute approximate surface area is 153 Å². The summed E-state index contributed by atoms with van der Waals surface area (Å²) in [6.45, 7) is 4.39. The fourth-order valence-corrected chi connectivity index (χ4v) is 2.99. The van der Waals surface area contributed by atoms with E-state index in [9.17, 15) is 4.79 Å². The minimum absolute atomic E-state index is 0.108. The van der Waals surface area contributed by atoms with Crippen LogP contribution in [0.3, 0.4) is 0 Å². The van der Waals surface area contributed by atoms with Crippen LogP contribution in [0, 0.1) is 0 Å². The lowest BCUT2D eigenvalue weighted by Gasteiger charge is -2.35. The summed E-state index contributed by atoms with van der Waals surface area (Å²) in [4.78, 5) is 14.3. The number of allylic oxidation sites excluding steroid dienone is 1. The molecule has 0 aromatic heterocycles. The number of rotatable bonds is 7. The van der Waals surface area contributed by atoms with E-state index in [-0.39, 0.29) is 11.9 Å². The van der Waals surface area contributed by atoms with E-state index in [0.717, 1.165) is 32.1 Å². The molecule has 0 spiro atoms. The standard InChI is InChI=1S/C18H24ClN5O/c1-2-3-4-11-17(25)24-12-6-5-10-16(24)18(20)22-23-21-15-9-7-8-14(19)13-15/h2,7-9,13,16H,1,3-6,10-12H2,(H2,20,21,22). The highest BCUT2D eigenvalue weighted by molar-refractivity contribution is 6.30. The summed E-state index contributed by atoms with van der Waals surface area (Å²) in [5.74, 6) is 0.430. The number of benzene rings is 1. The molecule has 1 amide bonds. The Morgan fingerprint density at radius 1 is 1.44 bits per heavy atom. The molecule has 0 radical (unpaired) electrons. The lowest BCUT2D eigenvalue weighted by molar-refractivity contribution is -0.133. The zero-order valence-electron chi connectivity index (χ0n) is 14.3. The molecular formula is C18H24ClN5O. The van der Waals surface area contributed by atoms with E-state index >= 15 is 0 Å². The molecule has 0 saturated carbocycles. The third kappa shape index (κ3) is 5.98. The fraction of sp³-hybridized carbons (Fsp3) is 0.444. The molecular weight excluding hydrogens is 338 g/mol. The third-order valence-electron chi connectivity index (χ3n) is 4.09. The molecule has 1 unspecified atom stereocenters. The van der Waals surface area contributed by atoms with E-state index in [1.165, 1.54) is 0 Å². The summed E-state index contributed by atoms with van der Waals surface area (Å²) < 4.78 is 0. The summed E-state index contributed by atoms with van der Waals surface area (Å²) in [6.07, 6.45) is 6.77. The fourth-order valence-electron chi connectivity index (χ4n) is 2.81. The van der Waals surface area contributed by atoms with Gasteiger partial charge in [-0.05, 0) is 55.5 Å². The Hall–Kier alpha value is -2.21. The van der Waals surface area contributed by atoms with Crippen LogP contribution in [0.15, 0.2) is 52.4 Å². The number of amides is 1. The van der Waals surface area contributed by atoms with Crippen molar-refractivity contribution < 1.29 is 4.79 Å². The summed E-state index contributed by atoms with van der Waals surface area (Å²) in [6, 6.07) is 6.80. The van der Waals surface area contributed by atoms with Gasteiger partial charge in [-0.1, -0.05) is 23.7 Å². The van der Waals surface area contributed by atoms with Gasteiger partial charge in [0.05, 0.1) is 11.7 Å². The summed E-state index contributed by atoms with van der Waals surface area (Å²) in [5, 5.41) is 12.4. The lowest BCUT2D eigenvalue weighted by atomic mass is 10.0. The van der Waals surface area contributed by atoms with Crippen LogP contribution in [0.25, 0.3) is 0 Å². The number of carbonyl (C=O) groups excluding carboxylic acids is 1. The Balaban J connectivity index is 2.02. The SMILES string of the molecule is C=CCCCC(=O)N1CCCCC1C(N)=NN=Nc1cccc(Cl)c1. The van der Waals surface area contributed by atoms with Crippen molar-refractivity contribution in [1.82, 2.24) is 4.90 Å². The van der Waals surface area contributed by atoms with E-state index in [1.54, 1.807) is 24.3 Å². The van der Waals surface area contributed by atoms with Crippen molar-refractivity contribution in [3.8, 4) is 0 Å². The maximum absolute atomic E-state index is 12.4. The van der Waals surface area contributed by atoms with Crippen LogP contribution in [-0.2, 0) is 4.79 Å². The minimum Gasteiger partial charge on any atom is -0.384 e. The van der Waals surface area contributed by atoms with Crippen LogP contribution in [0.5, 0.6) is 0 Å². The van der Waals surface area contributed by atoms with Crippen molar-refractivity contribution in [3.63, 3.8) is 0 Å². The van der Waals surface area contributed by atoms with Gasteiger partial charge in [-0.25, -0.2) is 0 Å². The number of nitrogens with two attached hydrogens (primary N) is 1. The molecule has 1 aromatic carbocycles. The zero-order chi connectivity index (χ0) is 18.1. The number of amidine groups is 1. The van der Waals surface area contributed by atoms with Crippen molar-refractivity contribution in [2.24, 2.45) is 21.2 Å². The molecule has 2 rings (SSSR count). The number of carbonyl (C=O) groups is 1. The van der Waals surface area contributed by atoms with Gasteiger partial charge in [-0.2, -0.15) is 0 Å². The molecule has 7 heteroatoms. The van der Waals surface area contributed by atoms with Crippen LogP contribution in [-0.4, -0.2) is 29.2 Å². The summed E-state index contributed by atoms with van der Waals surface area (Å²) in [5.41, 5.74) is 6.69. The Bertz CT molecular complexity index is 659. The number of unbranched alkanes of at least 4 members (excludes halogenated alkanes) is 1. The van der Waals surface area contributed by atoms with Gasteiger partial charge in [-0.3, -0.25) is 4.79 Å². The average Bonchev–Trinajstić information content (AvgIpc) is 2.62. The Morgan fingerprint density at radius 3 is 3.04 bits per heavy atom. The van der Waals surface area contributed by atoms with Gasteiger partial charge in [0.25, 0.3) is 0 Å². The monoisotopic (exact) mass is 361 g/mol. The quantitative estimate of drug-likeness (QED) is 0.194. The molecule has 1 aliphatic rings. The second-order valence-corrected chi connectivity index (χ2v) is 6.41. The number of halogens is 1. The van der Waals surface area contributed by atoms with Gasteiger partial charge in [-0.15, -0.1) is 16.8 Å². The second-order valence-electron chi connectivity index (χ2n) is 5.97. The molecule has 1 fully saturated rings. The lowest BCUT2D eigenvalue weighted by Crippen LogP contribution is -2.50. The molecule has 1 atom stereocenters. The maximum atomic E-state index is 12.4. The zero-order valence-corrected chi connectivity index (χ0v) is 15.0. The van der Waals surface area contributed by atoms with Gasteiger partial charge in [0.15, 0.2) is 0 Å². The van der Waals surface area contributed by atoms with Crippen molar-refractivity contribution in [3.05, 3.63) is 41.9 Å². The first-order valence-corrected chi connectivity index (χ1v) is 8.89. The van der Waals surface area contributed by atoms with E-state index in [1.807, 2.05) is 11.0 Å². The largest absolute Gasteiger partial charge is 0.384 e.